The van der Waals surface area contributed by atoms with Crippen LogP contribution in [0.1, 0.15) is 11.3 Å². The van der Waals surface area contributed by atoms with Gasteiger partial charge in [0.05, 0.1) is 12.5 Å². The summed E-state index contributed by atoms with van der Waals surface area (Å²) in [6.45, 7) is 0.685. The number of fused-ring (bicyclic) bond motifs is 1. The first-order valence-corrected chi connectivity index (χ1v) is 8.14. The van der Waals surface area contributed by atoms with Gasteiger partial charge in [-0.25, -0.2) is 0 Å². The third kappa shape index (κ3) is 3.38. The zero-order valence-electron chi connectivity index (χ0n) is 13.5. The summed E-state index contributed by atoms with van der Waals surface area (Å²) in [5.41, 5.74) is 2.64. The minimum absolute atomic E-state index is 0.0474. The molecular weight excluding hydrogens is 318 g/mol. The topological polar surface area (TPSA) is 77.3 Å². The van der Waals surface area contributed by atoms with E-state index in [1.165, 1.54) is 0 Å². The van der Waals surface area contributed by atoms with Gasteiger partial charge in [-0.1, -0.05) is 23.4 Å². The number of carbonyl (C=O) groups is 1. The van der Waals surface area contributed by atoms with Crippen molar-refractivity contribution in [1.82, 2.24) is 15.5 Å². The summed E-state index contributed by atoms with van der Waals surface area (Å²) in [5.74, 6) is 1.22. The zero-order chi connectivity index (χ0) is 17.1. The van der Waals surface area contributed by atoms with Crippen molar-refractivity contribution in [3.8, 4) is 17.0 Å². The normalized spacial score (nSPS) is 15.9. The SMILES string of the molecule is O=C(NCc1cc(-c2cccnc2)no1)[C@H]1COc2ccccc2C1. The quantitative estimate of drug-likeness (QED) is 0.793. The van der Waals surface area contributed by atoms with Crippen molar-refractivity contribution >= 4 is 5.91 Å². The lowest BCUT2D eigenvalue weighted by Gasteiger charge is -2.24. The van der Waals surface area contributed by atoms with Crippen LogP contribution < -0.4 is 10.1 Å². The molecule has 1 atom stereocenters. The predicted octanol–water partition coefficient (Wildman–Crippen LogP) is 2.60. The molecule has 0 unspecified atom stereocenters. The number of amides is 1. The van der Waals surface area contributed by atoms with Gasteiger partial charge in [0.1, 0.15) is 18.1 Å². The molecule has 3 heterocycles. The average Bonchev–Trinajstić information content (AvgIpc) is 3.15. The van der Waals surface area contributed by atoms with E-state index in [0.29, 0.717) is 31.0 Å². The van der Waals surface area contributed by atoms with Crippen LogP contribution in [0.25, 0.3) is 11.3 Å². The van der Waals surface area contributed by atoms with Gasteiger partial charge >= 0.3 is 0 Å². The number of hydrogen-bond acceptors (Lipinski definition) is 5. The van der Waals surface area contributed by atoms with Crippen LogP contribution in [0.5, 0.6) is 5.75 Å². The summed E-state index contributed by atoms with van der Waals surface area (Å²) in [6.07, 6.45) is 4.10. The molecule has 0 aliphatic carbocycles. The molecule has 1 N–H and O–H groups in total. The predicted molar refractivity (Wildman–Crippen MR) is 90.7 cm³/mol. The summed E-state index contributed by atoms with van der Waals surface area (Å²) in [5, 5.41) is 6.91. The van der Waals surface area contributed by atoms with Crippen molar-refractivity contribution in [3.05, 3.63) is 66.2 Å². The van der Waals surface area contributed by atoms with Crippen LogP contribution in [-0.4, -0.2) is 22.7 Å². The molecule has 6 nitrogen and oxygen atoms in total. The maximum Gasteiger partial charge on any atom is 0.227 e. The van der Waals surface area contributed by atoms with Crippen molar-refractivity contribution in [2.75, 3.05) is 6.61 Å². The fourth-order valence-electron chi connectivity index (χ4n) is 2.86. The summed E-state index contributed by atoms with van der Waals surface area (Å²) >= 11 is 0. The van der Waals surface area contributed by atoms with E-state index in [1.807, 2.05) is 42.5 Å². The van der Waals surface area contributed by atoms with Crippen LogP contribution in [-0.2, 0) is 17.8 Å². The molecule has 1 amide bonds. The van der Waals surface area contributed by atoms with E-state index in [-0.39, 0.29) is 11.8 Å². The zero-order valence-corrected chi connectivity index (χ0v) is 13.5. The summed E-state index contributed by atoms with van der Waals surface area (Å²) < 4.78 is 11.0. The standard InChI is InChI=1S/C19H17N3O3/c23-19(15-8-13-4-1-2-6-18(13)24-12-15)21-11-16-9-17(22-25-16)14-5-3-7-20-10-14/h1-7,9-10,15H,8,11-12H2,(H,21,23)/t15-/m1/s1. The van der Waals surface area contributed by atoms with Crippen molar-refractivity contribution < 1.29 is 14.1 Å². The second-order valence-corrected chi connectivity index (χ2v) is 5.96. The molecule has 6 heteroatoms. The van der Waals surface area contributed by atoms with Gasteiger partial charge in [0, 0.05) is 24.0 Å². The average molecular weight is 335 g/mol. The molecule has 4 rings (SSSR count). The lowest BCUT2D eigenvalue weighted by Crippen LogP contribution is -2.36. The summed E-state index contributed by atoms with van der Waals surface area (Å²) in [7, 11) is 0. The first-order valence-electron chi connectivity index (χ1n) is 8.14. The fraction of sp³-hybridized carbons (Fsp3) is 0.211. The molecule has 25 heavy (non-hydrogen) atoms. The molecule has 2 aromatic heterocycles. The first kappa shape index (κ1) is 15.4. The molecule has 1 aliphatic rings. The number of nitrogens with zero attached hydrogens (tertiary/aromatic N) is 2. The van der Waals surface area contributed by atoms with Gasteiger partial charge in [-0.05, 0) is 30.2 Å². The van der Waals surface area contributed by atoms with Crippen molar-refractivity contribution in [1.29, 1.82) is 0 Å². The Kier molecular flexibility index (Phi) is 4.16. The molecule has 0 spiro atoms. The first-order chi connectivity index (χ1) is 12.3. The third-order valence-electron chi connectivity index (χ3n) is 4.20. The highest BCUT2D eigenvalue weighted by atomic mass is 16.5. The molecule has 0 saturated carbocycles. The Labute approximate surface area is 144 Å². The van der Waals surface area contributed by atoms with E-state index in [1.54, 1.807) is 12.4 Å². The van der Waals surface area contributed by atoms with Crippen molar-refractivity contribution in [2.45, 2.75) is 13.0 Å². The fourth-order valence-corrected chi connectivity index (χ4v) is 2.86. The van der Waals surface area contributed by atoms with Crippen molar-refractivity contribution in [2.24, 2.45) is 5.92 Å². The molecule has 1 aromatic carbocycles. The molecule has 0 radical (unpaired) electrons. The Hall–Kier alpha value is -3.15. The Morgan fingerprint density at radius 1 is 1.24 bits per heavy atom. The largest absolute Gasteiger partial charge is 0.492 e. The Morgan fingerprint density at radius 2 is 2.16 bits per heavy atom. The van der Waals surface area contributed by atoms with Gasteiger partial charge in [0.15, 0.2) is 5.76 Å². The minimum Gasteiger partial charge on any atom is -0.492 e. The van der Waals surface area contributed by atoms with Crippen LogP contribution in [0.4, 0.5) is 0 Å². The third-order valence-corrected chi connectivity index (χ3v) is 4.20. The molecule has 126 valence electrons. The highest BCUT2D eigenvalue weighted by Crippen LogP contribution is 2.27. The van der Waals surface area contributed by atoms with E-state index in [0.717, 1.165) is 16.9 Å². The monoisotopic (exact) mass is 335 g/mol. The number of hydrogen-bond donors (Lipinski definition) is 1. The Bertz CT molecular complexity index is 876. The summed E-state index contributed by atoms with van der Waals surface area (Å²) in [4.78, 5) is 16.5. The number of benzene rings is 1. The van der Waals surface area contributed by atoms with Crippen LogP contribution >= 0.6 is 0 Å². The number of pyridine rings is 1. The highest BCUT2D eigenvalue weighted by molar-refractivity contribution is 5.79. The number of aromatic nitrogens is 2. The summed E-state index contributed by atoms with van der Waals surface area (Å²) in [6, 6.07) is 13.4. The number of nitrogens with one attached hydrogen (secondary N) is 1. The van der Waals surface area contributed by atoms with E-state index < -0.39 is 0 Å². The number of carbonyl (C=O) groups excluding carboxylic acids is 1. The molecule has 1 aliphatic heterocycles. The molecule has 0 fully saturated rings. The van der Waals surface area contributed by atoms with E-state index in [4.69, 9.17) is 9.26 Å². The van der Waals surface area contributed by atoms with Gasteiger partial charge in [0.2, 0.25) is 5.91 Å². The lowest BCUT2D eigenvalue weighted by atomic mass is 9.96. The van der Waals surface area contributed by atoms with Crippen molar-refractivity contribution in [3.63, 3.8) is 0 Å². The molecule has 3 aromatic rings. The number of para-hydroxylation sites is 1. The second kappa shape index (κ2) is 6.76. The highest BCUT2D eigenvalue weighted by Gasteiger charge is 2.25. The molecule has 0 saturated heterocycles. The van der Waals surface area contributed by atoms with Gasteiger partial charge in [0.25, 0.3) is 0 Å². The van der Waals surface area contributed by atoms with E-state index >= 15 is 0 Å². The van der Waals surface area contributed by atoms with Gasteiger partial charge in [-0.2, -0.15) is 0 Å². The number of rotatable bonds is 4. The Balaban J connectivity index is 1.36. The van der Waals surface area contributed by atoms with Crippen LogP contribution in [0, 0.1) is 5.92 Å². The smallest absolute Gasteiger partial charge is 0.227 e. The van der Waals surface area contributed by atoms with E-state index in [9.17, 15) is 4.79 Å². The lowest BCUT2D eigenvalue weighted by molar-refractivity contribution is -0.126. The van der Waals surface area contributed by atoms with Crippen LogP contribution in [0.2, 0.25) is 0 Å². The van der Waals surface area contributed by atoms with Gasteiger partial charge in [-0.15, -0.1) is 0 Å². The minimum atomic E-state index is -0.199. The van der Waals surface area contributed by atoms with Gasteiger partial charge < -0.3 is 14.6 Å². The Morgan fingerprint density at radius 3 is 3.04 bits per heavy atom. The second-order valence-electron chi connectivity index (χ2n) is 5.96. The van der Waals surface area contributed by atoms with Gasteiger partial charge in [-0.3, -0.25) is 9.78 Å². The molecule has 0 bridgehead atoms. The maximum atomic E-state index is 12.4. The van der Waals surface area contributed by atoms with Crippen LogP contribution in [0.15, 0.2) is 59.4 Å². The maximum absolute atomic E-state index is 12.4. The van der Waals surface area contributed by atoms with E-state index in [2.05, 4.69) is 15.5 Å². The number of ether oxygens (including phenoxy) is 1. The molecular formula is C19H17N3O3. The van der Waals surface area contributed by atoms with Crippen LogP contribution in [0.3, 0.4) is 0 Å².